The number of hydrogen-bond donors (Lipinski definition) is 1. The number of ether oxygens (including phenoxy) is 2. The summed E-state index contributed by atoms with van der Waals surface area (Å²) in [6, 6.07) is 2.73. The van der Waals surface area contributed by atoms with Crippen molar-refractivity contribution in [2.24, 2.45) is 5.92 Å². The third kappa shape index (κ3) is 5.56. The van der Waals surface area contributed by atoms with Crippen molar-refractivity contribution >= 4 is 17.2 Å². The molecule has 3 aliphatic heterocycles. The Balaban J connectivity index is 1.47. The Labute approximate surface area is 196 Å². The lowest BCUT2D eigenvalue weighted by Crippen LogP contribution is -2.49. The summed E-state index contributed by atoms with van der Waals surface area (Å²) in [5, 5.41) is 13.6. The average Bonchev–Trinajstić information content (AvgIpc) is 3.38. The van der Waals surface area contributed by atoms with E-state index < -0.39 is 6.29 Å². The molecule has 1 amide bonds. The SMILES string of the molecule is CCO[C@@H]1OC(C(=O)N2CCC(N3CCCCC3)CC2)=C[C@H](c2ccsc2)[C@@H]1CCCO. The number of rotatable bonds is 8. The first-order chi connectivity index (χ1) is 15.7. The fourth-order valence-electron chi connectivity index (χ4n) is 5.48. The van der Waals surface area contributed by atoms with Crippen LogP contribution >= 0.6 is 11.3 Å². The number of carbonyl (C=O) groups excluding carboxylic acids is 1. The molecule has 4 heterocycles. The van der Waals surface area contributed by atoms with Gasteiger partial charge in [-0.25, -0.2) is 0 Å². The topological polar surface area (TPSA) is 62.2 Å². The van der Waals surface area contributed by atoms with Crippen molar-refractivity contribution in [3.63, 3.8) is 0 Å². The first-order valence-electron chi connectivity index (χ1n) is 12.4. The summed E-state index contributed by atoms with van der Waals surface area (Å²) in [4.78, 5) is 18.0. The zero-order valence-electron chi connectivity index (χ0n) is 19.3. The summed E-state index contributed by atoms with van der Waals surface area (Å²) < 4.78 is 12.1. The first-order valence-corrected chi connectivity index (χ1v) is 13.3. The maximum Gasteiger partial charge on any atom is 0.288 e. The molecule has 0 spiro atoms. The molecule has 4 rings (SSSR count). The summed E-state index contributed by atoms with van der Waals surface area (Å²) in [5.74, 6) is 0.560. The highest BCUT2D eigenvalue weighted by Crippen LogP contribution is 2.40. The lowest BCUT2D eigenvalue weighted by molar-refractivity contribution is -0.170. The quantitative estimate of drug-likeness (QED) is 0.633. The third-order valence-electron chi connectivity index (χ3n) is 7.21. The molecule has 2 fully saturated rings. The van der Waals surface area contributed by atoms with Gasteiger partial charge in [0.1, 0.15) is 0 Å². The predicted octanol–water partition coefficient (Wildman–Crippen LogP) is 3.97. The van der Waals surface area contributed by atoms with Crippen molar-refractivity contribution in [2.45, 2.75) is 70.1 Å². The van der Waals surface area contributed by atoms with E-state index in [0.29, 0.717) is 24.8 Å². The van der Waals surface area contributed by atoms with Crippen LogP contribution in [-0.2, 0) is 14.3 Å². The van der Waals surface area contributed by atoms with Crippen molar-refractivity contribution in [1.82, 2.24) is 9.80 Å². The molecule has 0 aromatic carbocycles. The van der Waals surface area contributed by atoms with Crippen LogP contribution in [0.5, 0.6) is 0 Å². The van der Waals surface area contributed by atoms with Gasteiger partial charge in [0, 0.05) is 44.2 Å². The van der Waals surface area contributed by atoms with Crippen LogP contribution in [0.1, 0.15) is 63.4 Å². The molecule has 0 radical (unpaired) electrons. The van der Waals surface area contributed by atoms with Crippen LogP contribution < -0.4 is 0 Å². The summed E-state index contributed by atoms with van der Waals surface area (Å²) in [5.41, 5.74) is 1.19. The van der Waals surface area contributed by atoms with Gasteiger partial charge in [-0.1, -0.05) is 6.42 Å². The number of amides is 1. The Hall–Kier alpha value is -1.41. The molecule has 3 aliphatic rings. The second kappa shape index (κ2) is 11.6. The number of aliphatic hydroxyl groups excluding tert-OH is 1. The monoisotopic (exact) mass is 462 g/mol. The van der Waals surface area contributed by atoms with E-state index in [1.165, 1.54) is 37.9 Å². The summed E-state index contributed by atoms with van der Waals surface area (Å²) in [6.07, 6.45) is 9.08. The lowest BCUT2D eigenvalue weighted by Gasteiger charge is -2.41. The van der Waals surface area contributed by atoms with E-state index in [2.05, 4.69) is 21.7 Å². The number of carbonyl (C=O) groups is 1. The Morgan fingerprint density at radius 2 is 2.00 bits per heavy atom. The van der Waals surface area contributed by atoms with Crippen molar-refractivity contribution in [3.05, 3.63) is 34.2 Å². The van der Waals surface area contributed by atoms with Crippen LogP contribution in [0, 0.1) is 5.92 Å². The molecule has 6 nitrogen and oxygen atoms in total. The Kier molecular flexibility index (Phi) is 8.63. The molecule has 1 aromatic heterocycles. The van der Waals surface area contributed by atoms with E-state index in [-0.39, 0.29) is 24.3 Å². The number of piperidine rings is 2. The molecular weight excluding hydrogens is 424 g/mol. The van der Waals surface area contributed by atoms with Crippen LogP contribution in [0.15, 0.2) is 28.7 Å². The number of hydrogen-bond acceptors (Lipinski definition) is 6. The molecule has 0 saturated carbocycles. The molecule has 1 aromatic rings. The minimum Gasteiger partial charge on any atom is -0.459 e. The minimum absolute atomic E-state index is 0.00682. The Morgan fingerprint density at radius 3 is 2.66 bits per heavy atom. The van der Waals surface area contributed by atoms with Crippen LogP contribution in [0.3, 0.4) is 0 Å². The van der Waals surface area contributed by atoms with Gasteiger partial charge in [0.2, 0.25) is 6.29 Å². The molecule has 0 aliphatic carbocycles. The highest BCUT2D eigenvalue weighted by Gasteiger charge is 2.39. The Morgan fingerprint density at radius 1 is 1.22 bits per heavy atom. The van der Waals surface area contributed by atoms with Gasteiger partial charge in [-0.15, -0.1) is 0 Å². The van der Waals surface area contributed by atoms with Gasteiger partial charge in [0.25, 0.3) is 5.91 Å². The van der Waals surface area contributed by atoms with Gasteiger partial charge in [0.15, 0.2) is 5.76 Å². The molecule has 2 saturated heterocycles. The standard InChI is InChI=1S/C25H38N2O4S/c1-2-30-25-21(7-6-15-28)22(19-10-16-32-18-19)17-23(31-25)24(29)27-13-8-20(9-14-27)26-11-4-3-5-12-26/h10,16-18,20-22,25,28H,2-9,11-15H2,1H3/t21-,22+,25+/m0/s1. The summed E-state index contributed by atoms with van der Waals surface area (Å²) in [7, 11) is 0. The molecule has 0 unspecified atom stereocenters. The zero-order chi connectivity index (χ0) is 22.3. The molecule has 32 heavy (non-hydrogen) atoms. The highest BCUT2D eigenvalue weighted by molar-refractivity contribution is 7.08. The number of thiophene rings is 1. The average molecular weight is 463 g/mol. The molecule has 178 valence electrons. The number of aliphatic hydroxyl groups is 1. The van der Waals surface area contributed by atoms with Crippen LogP contribution in [0.2, 0.25) is 0 Å². The summed E-state index contributed by atoms with van der Waals surface area (Å²) >= 11 is 1.66. The molecule has 7 heteroatoms. The molecule has 1 N–H and O–H groups in total. The smallest absolute Gasteiger partial charge is 0.288 e. The lowest BCUT2D eigenvalue weighted by atomic mass is 9.81. The summed E-state index contributed by atoms with van der Waals surface area (Å²) in [6.45, 7) is 6.62. The van der Waals surface area contributed by atoms with Gasteiger partial charge < -0.3 is 24.4 Å². The predicted molar refractivity (Wildman–Crippen MR) is 126 cm³/mol. The second-order valence-electron chi connectivity index (χ2n) is 9.20. The van der Waals surface area contributed by atoms with Crippen molar-refractivity contribution in [3.8, 4) is 0 Å². The van der Waals surface area contributed by atoms with Gasteiger partial charge in [0.05, 0.1) is 0 Å². The largest absolute Gasteiger partial charge is 0.459 e. The third-order valence-corrected chi connectivity index (χ3v) is 7.91. The van der Waals surface area contributed by atoms with E-state index >= 15 is 0 Å². The van der Waals surface area contributed by atoms with Crippen molar-refractivity contribution in [2.75, 3.05) is 39.4 Å². The fourth-order valence-corrected chi connectivity index (χ4v) is 6.18. The minimum atomic E-state index is -0.466. The molecule has 3 atom stereocenters. The number of likely N-dealkylation sites (tertiary alicyclic amines) is 2. The maximum absolute atomic E-state index is 13.4. The van der Waals surface area contributed by atoms with Crippen LogP contribution in [-0.4, -0.2) is 72.5 Å². The highest BCUT2D eigenvalue weighted by atomic mass is 32.1. The second-order valence-corrected chi connectivity index (χ2v) is 9.98. The Bertz CT molecular complexity index is 739. The zero-order valence-corrected chi connectivity index (χ0v) is 20.1. The van der Waals surface area contributed by atoms with Crippen LogP contribution in [0.4, 0.5) is 0 Å². The van der Waals surface area contributed by atoms with E-state index in [1.807, 2.05) is 17.9 Å². The molecular formula is C25H38N2O4S. The van der Waals surface area contributed by atoms with Gasteiger partial charge in [-0.2, -0.15) is 11.3 Å². The molecule has 0 bridgehead atoms. The van der Waals surface area contributed by atoms with Crippen molar-refractivity contribution in [1.29, 1.82) is 0 Å². The fraction of sp³-hybridized carbons (Fsp3) is 0.720. The van der Waals surface area contributed by atoms with Gasteiger partial charge in [-0.05, 0) is 87.0 Å². The van der Waals surface area contributed by atoms with Gasteiger partial charge in [-0.3, -0.25) is 4.79 Å². The van der Waals surface area contributed by atoms with Crippen molar-refractivity contribution < 1.29 is 19.4 Å². The van der Waals surface area contributed by atoms with Crippen LogP contribution in [0.25, 0.3) is 0 Å². The number of nitrogens with zero attached hydrogens (tertiary/aromatic N) is 2. The number of allylic oxidation sites excluding steroid dienone is 1. The van der Waals surface area contributed by atoms with E-state index in [4.69, 9.17) is 9.47 Å². The normalized spacial score (nSPS) is 27.8. The van der Waals surface area contributed by atoms with E-state index in [1.54, 1.807) is 11.3 Å². The van der Waals surface area contributed by atoms with Gasteiger partial charge >= 0.3 is 0 Å². The van der Waals surface area contributed by atoms with E-state index in [9.17, 15) is 9.90 Å². The first kappa shape index (κ1) is 23.7. The van der Waals surface area contributed by atoms with E-state index in [0.717, 1.165) is 32.4 Å². The maximum atomic E-state index is 13.4.